The molecule has 0 bridgehead atoms. The molecule has 0 aliphatic carbocycles. The zero-order chi connectivity index (χ0) is 17.1. The molecule has 0 atom stereocenters. The van der Waals surface area contributed by atoms with Crippen molar-refractivity contribution in [1.29, 1.82) is 0 Å². The number of hydrogen-bond acceptors (Lipinski definition) is 5. The number of primary amides is 1. The second-order valence-corrected chi connectivity index (χ2v) is 5.70. The molecule has 7 heteroatoms. The highest BCUT2D eigenvalue weighted by molar-refractivity contribution is 6.33. The second-order valence-electron chi connectivity index (χ2n) is 5.29. The molecule has 0 saturated heterocycles. The molecule has 24 heavy (non-hydrogen) atoms. The van der Waals surface area contributed by atoms with Crippen molar-refractivity contribution >= 4 is 23.2 Å². The van der Waals surface area contributed by atoms with Gasteiger partial charge >= 0.3 is 0 Å². The van der Waals surface area contributed by atoms with E-state index < -0.39 is 5.91 Å². The number of benzene rings is 2. The lowest BCUT2D eigenvalue weighted by molar-refractivity contribution is 0.100. The van der Waals surface area contributed by atoms with E-state index in [1.807, 2.05) is 31.2 Å². The fourth-order valence-corrected chi connectivity index (χ4v) is 2.36. The Morgan fingerprint density at radius 2 is 2.00 bits per heavy atom. The fraction of sp³-hybridized carbons (Fsp3) is 0.118. The first-order valence-corrected chi connectivity index (χ1v) is 7.63. The van der Waals surface area contributed by atoms with Gasteiger partial charge in [-0.3, -0.25) is 4.79 Å². The molecule has 0 fully saturated rings. The van der Waals surface area contributed by atoms with Gasteiger partial charge in [-0.2, -0.15) is 4.98 Å². The van der Waals surface area contributed by atoms with E-state index in [-0.39, 0.29) is 5.56 Å². The molecule has 1 amide bonds. The van der Waals surface area contributed by atoms with Crippen LogP contribution in [0.1, 0.15) is 21.8 Å². The van der Waals surface area contributed by atoms with Crippen LogP contribution in [0.4, 0.5) is 5.69 Å². The van der Waals surface area contributed by atoms with E-state index in [0.29, 0.717) is 29.0 Å². The maximum atomic E-state index is 11.3. The first kappa shape index (κ1) is 16.0. The van der Waals surface area contributed by atoms with Crippen LogP contribution in [0.25, 0.3) is 11.4 Å². The average molecular weight is 343 g/mol. The van der Waals surface area contributed by atoms with Gasteiger partial charge in [-0.05, 0) is 25.1 Å². The molecule has 3 N–H and O–H groups in total. The predicted molar refractivity (Wildman–Crippen MR) is 91.8 cm³/mol. The van der Waals surface area contributed by atoms with Gasteiger partial charge in [0.2, 0.25) is 17.6 Å². The van der Waals surface area contributed by atoms with Crippen LogP contribution in [0, 0.1) is 6.92 Å². The highest BCUT2D eigenvalue weighted by Gasteiger charge is 2.10. The van der Waals surface area contributed by atoms with Crippen molar-refractivity contribution in [3.05, 3.63) is 64.5 Å². The Balaban J connectivity index is 1.71. The number of carbonyl (C=O) groups excluding carboxylic acids is 1. The van der Waals surface area contributed by atoms with E-state index >= 15 is 0 Å². The maximum Gasteiger partial charge on any atom is 0.250 e. The SMILES string of the molecule is Cc1ccc(-c2noc(CNc3ccc(Cl)c(C(N)=O)c3)n2)cc1. The maximum absolute atomic E-state index is 11.3. The van der Waals surface area contributed by atoms with E-state index in [4.69, 9.17) is 21.9 Å². The zero-order valence-corrected chi connectivity index (χ0v) is 13.7. The van der Waals surface area contributed by atoms with Gasteiger partial charge in [0, 0.05) is 11.3 Å². The lowest BCUT2D eigenvalue weighted by Gasteiger charge is -2.06. The first-order chi connectivity index (χ1) is 11.5. The number of halogens is 1. The van der Waals surface area contributed by atoms with Gasteiger partial charge in [0.25, 0.3) is 0 Å². The van der Waals surface area contributed by atoms with Gasteiger partial charge in [0.15, 0.2) is 0 Å². The number of hydrogen-bond donors (Lipinski definition) is 2. The molecular weight excluding hydrogens is 328 g/mol. The molecule has 0 aliphatic rings. The second kappa shape index (κ2) is 6.72. The standard InChI is InChI=1S/C17H15ClN4O2/c1-10-2-4-11(5-3-10)17-21-15(24-22-17)9-20-12-6-7-14(18)13(8-12)16(19)23/h2-8,20H,9H2,1H3,(H2,19,23). The van der Waals surface area contributed by atoms with Gasteiger partial charge in [0.1, 0.15) is 0 Å². The number of carbonyl (C=O) groups is 1. The third-order valence-corrected chi connectivity index (χ3v) is 3.78. The van der Waals surface area contributed by atoms with E-state index in [2.05, 4.69) is 15.5 Å². The lowest BCUT2D eigenvalue weighted by atomic mass is 10.1. The summed E-state index contributed by atoms with van der Waals surface area (Å²) in [5.74, 6) is 0.380. The number of nitrogens with zero attached hydrogens (tertiary/aromatic N) is 2. The minimum atomic E-state index is -0.580. The Kier molecular flexibility index (Phi) is 4.48. The average Bonchev–Trinajstić information content (AvgIpc) is 3.03. The number of aromatic nitrogens is 2. The largest absolute Gasteiger partial charge is 0.376 e. The molecule has 0 unspecified atom stereocenters. The summed E-state index contributed by atoms with van der Waals surface area (Å²) >= 11 is 5.92. The Bertz CT molecular complexity index is 875. The third kappa shape index (κ3) is 3.55. The minimum Gasteiger partial charge on any atom is -0.376 e. The van der Waals surface area contributed by atoms with Crippen molar-refractivity contribution in [1.82, 2.24) is 10.1 Å². The molecule has 122 valence electrons. The van der Waals surface area contributed by atoms with Crippen LogP contribution in [-0.2, 0) is 6.54 Å². The molecule has 3 aromatic rings. The van der Waals surface area contributed by atoms with Gasteiger partial charge < -0.3 is 15.6 Å². The van der Waals surface area contributed by atoms with Crippen molar-refractivity contribution in [3.63, 3.8) is 0 Å². The van der Waals surface area contributed by atoms with E-state index in [1.54, 1.807) is 18.2 Å². The third-order valence-electron chi connectivity index (χ3n) is 3.45. The van der Waals surface area contributed by atoms with Crippen LogP contribution >= 0.6 is 11.6 Å². The summed E-state index contributed by atoms with van der Waals surface area (Å²) in [6, 6.07) is 12.8. The van der Waals surface area contributed by atoms with Gasteiger partial charge in [0.05, 0.1) is 17.1 Å². The molecule has 1 heterocycles. The molecule has 6 nitrogen and oxygen atoms in total. The summed E-state index contributed by atoms with van der Waals surface area (Å²) in [5.41, 5.74) is 8.27. The number of anilines is 1. The van der Waals surface area contributed by atoms with Gasteiger partial charge in [-0.1, -0.05) is 46.6 Å². The molecule has 0 saturated carbocycles. The topological polar surface area (TPSA) is 94.0 Å². The van der Waals surface area contributed by atoms with Crippen molar-refractivity contribution < 1.29 is 9.32 Å². The van der Waals surface area contributed by atoms with Crippen molar-refractivity contribution in [2.75, 3.05) is 5.32 Å². The lowest BCUT2D eigenvalue weighted by Crippen LogP contribution is -2.12. The number of aryl methyl sites for hydroxylation is 1. The Morgan fingerprint density at radius 1 is 1.25 bits per heavy atom. The number of amides is 1. The first-order valence-electron chi connectivity index (χ1n) is 7.26. The van der Waals surface area contributed by atoms with E-state index in [9.17, 15) is 4.79 Å². The normalized spacial score (nSPS) is 10.6. The van der Waals surface area contributed by atoms with Gasteiger partial charge in [-0.25, -0.2) is 0 Å². The summed E-state index contributed by atoms with van der Waals surface area (Å²) in [6.45, 7) is 2.33. The van der Waals surface area contributed by atoms with Crippen LogP contribution in [0.15, 0.2) is 47.0 Å². The molecule has 0 radical (unpaired) electrons. The summed E-state index contributed by atoms with van der Waals surface area (Å²) in [4.78, 5) is 15.6. The fourth-order valence-electron chi connectivity index (χ4n) is 2.15. The van der Waals surface area contributed by atoms with Crippen LogP contribution in [0.3, 0.4) is 0 Å². The van der Waals surface area contributed by atoms with Crippen LogP contribution in [0.2, 0.25) is 5.02 Å². The predicted octanol–water partition coefficient (Wildman–Crippen LogP) is 3.41. The molecular formula is C17H15ClN4O2. The van der Waals surface area contributed by atoms with Crippen LogP contribution < -0.4 is 11.1 Å². The van der Waals surface area contributed by atoms with Crippen molar-refractivity contribution in [2.24, 2.45) is 5.73 Å². The summed E-state index contributed by atoms with van der Waals surface area (Å²) in [7, 11) is 0. The van der Waals surface area contributed by atoms with Gasteiger partial charge in [-0.15, -0.1) is 0 Å². The zero-order valence-electron chi connectivity index (χ0n) is 12.9. The van der Waals surface area contributed by atoms with E-state index in [0.717, 1.165) is 11.1 Å². The Morgan fingerprint density at radius 3 is 2.71 bits per heavy atom. The van der Waals surface area contributed by atoms with Crippen LogP contribution in [-0.4, -0.2) is 16.0 Å². The summed E-state index contributed by atoms with van der Waals surface area (Å²) < 4.78 is 5.23. The molecule has 1 aromatic heterocycles. The van der Waals surface area contributed by atoms with E-state index in [1.165, 1.54) is 0 Å². The molecule has 2 aromatic carbocycles. The molecule has 0 spiro atoms. The monoisotopic (exact) mass is 342 g/mol. The Labute approximate surface area is 143 Å². The number of nitrogens with two attached hydrogens (primary N) is 1. The minimum absolute atomic E-state index is 0.257. The number of nitrogens with one attached hydrogen (secondary N) is 1. The highest BCUT2D eigenvalue weighted by atomic mass is 35.5. The smallest absolute Gasteiger partial charge is 0.250 e. The Hall–Kier alpha value is -2.86. The molecule has 3 rings (SSSR count). The number of rotatable bonds is 5. The quantitative estimate of drug-likeness (QED) is 0.741. The summed E-state index contributed by atoms with van der Waals surface area (Å²) in [6.07, 6.45) is 0. The van der Waals surface area contributed by atoms with Crippen molar-refractivity contribution in [2.45, 2.75) is 13.5 Å². The molecule has 0 aliphatic heterocycles. The van der Waals surface area contributed by atoms with Crippen molar-refractivity contribution in [3.8, 4) is 11.4 Å². The summed E-state index contributed by atoms with van der Waals surface area (Å²) in [5, 5.41) is 7.37. The highest BCUT2D eigenvalue weighted by Crippen LogP contribution is 2.21. The van der Waals surface area contributed by atoms with Crippen LogP contribution in [0.5, 0.6) is 0 Å².